The number of benzene rings is 3. The smallest absolute Gasteiger partial charge is 0.255 e. The van der Waals surface area contributed by atoms with Crippen molar-refractivity contribution in [3.05, 3.63) is 82.9 Å². The van der Waals surface area contributed by atoms with E-state index in [2.05, 4.69) is 22.2 Å². The third-order valence-corrected chi connectivity index (χ3v) is 7.23. The van der Waals surface area contributed by atoms with Crippen molar-refractivity contribution < 1.29 is 13.2 Å². The molecule has 5 rings (SSSR count). The van der Waals surface area contributed by atoms with Gasteiger partial charge in [-0.3, -0.25) is 4.79 Å². The van der Waals surface area contributed by atoms with E-state index in [4.69, 9.17) is 0 Å². The predicted molar refractivity (Wildman–Crippen MR) is 117 cm³/mol. The minimum Gasteiger partial charge on any atom is -0.322 e. The van der Waals surface area contributed by atoms with Crippen molar-refractivity contribution in [3.63, 3.8) is 0 Å². The molecule has 1 amide bonds. The number of nitrogens with one attached hydrogen (secondary N) is 2. The molecule has 3 aromatic rings. The highest BCUT2D eigenvalue weighted by molar-refractivity contribution is 7.89. The molecule has 0 unspecified atom stereocenters. The first-order valence-corrected chi connectivity index (χ1v) is 11.5. The number of rotatable bonds is 5. The summed E-state index contributed by atoms with van der Waals surface area (Å²) in [5.74, 6) is -0.313. The van der Waals surface area contributed by atoms with E-state index in [1.54, 1.807) is 19.1 Å². The third-order valence-electron chi connectivity index (χ3n) is 5.71. The lowest BCUT2D eigenvalue weighted by molar-refractivity contribution is 0.102. The molecule has 3 aromatic carbocycles. The Bertz CT molecular complexity index is 1280. The van der Waals surface area contributed by atoms with Crippen LogP contribution in [0.25, 0.3) is 11.1 Å². The standard InChI is InChI=1S/C24H22N2O3S/c1-15-6-10-20(30(28,29)26-18-7-8-18)14-23(15)24(27)25-19-9-11-22-17(13-19)12-16-4-2-3-5-21(16)22/h2-6,9-11,13-14,18,26H,7-8,12H2,1H3,(H,25,27). The number of aryl methyl sites for hydroxylation is 1. The third kappa shape index (κ3) is 3.53. The molecule has 0 heterocycles. The molecule has 2 aliphatic carbocycles. The maximum atomic E-state index is 12.9. The van der Waals surface area contributed by atoms with Gasteiger partial charge in [0.25, 0.3) is 5.91 Å². The number of amides is 1. The fourth-order valence-corrected chi connectivity index (χ4v) is 5.25. The van der Waals surface area contributed by atoms with Crippen LogP contribution in [0.4, 0.5) is 5.69 Å². The Morgan fingerprint density at radius 1 is 0.933 bits per heavy atom. The Balaban J connectivity index is 1.39. The Hall–Kier alpha value is -2.96. The minimum absolute atomic E-state index is 0.0177. The highest BCUT2D eigenvalue weighted by Crippen LogP contribution is 2.37. The van der Waals surface area contributed by atoms with Gasteiger partial charge in [0.05, 0.1) is 4.90 Å². The lowest BCUT2D eigenvalue weighted by Gasteiger charge is -2.12. The Kier molecular flexibility index (Phi) is 4.49. The lowest BCUT2D eigenvalue weighted by Crippen LogP contribution is -2.26. The molecular weight excluding hydrogens is 396 g/mol. The molecule has 30 heavy (non-hydrogen) atoms. The SMILES string of the molecule is Cc1ccc(S(=O)(=O)NC2CC2)cc1C(=O)Nc1ccc2c(c1)Cc1ccccc1-2. The predicted octanol–water partition coefficient (Wildman–Crippen LogP) is 4.26. The summed E-state index contributed by atoms with van der Waals surface area (Å²) in [6.45, 7) is 1.80. The van der Waals surface area contributed by atoms with E-state index in [0.29, 0.717) is 11.3 Å². The second-order valence-electron chi connectivity index (χ2n) is 8.03. The molecule has 0 aromatic heterocycles. The Morgan fingerprint density at radius 3 is 2.50 bits per heavy atom. The molecule has 5 nitrogen and oxygen atoms in total. The number of carbonyl (C=O) groups excluding carboxylic acids is 1. The fraction of sp³-hybridized carbons (Fsp3) is 0.208. The quantitative estimate of drug-likeness (QED) is 0.509. The van der Waals surface area contributed by atoms with Crippen LogP contribution < -0.4 is 10.0 Å². The summed E-state index contributed by atoms with van der Waals surface area (Å²) in [7, 11) is -3.61. The van der Waals surface area contributed by atoms with Gasteiger partial charge in [-0.25, -0.2) is 13.1 Å². The van der Waals surface area contributed by atoms with E-state index < -0.39 is 10.0 Å². The van der Waals surface area contributed by atoms with Crippen molar-refractivity contribution in [1.29, 1.82) is 0 Å². The van der Waals surface area contributed by atoms with Crippen LogP contribution in [0.2, 0.25) is 0 Å². The summed E-state index contributed by atoms with van der Waals surface area (Å²) in [4.78, 5) is 13.1. The van der Waals surface area contributed by atoms with Gasteiger partial charge in [0, 0.05) is 17.3 Å². The van der Waals surface area contributed by atoms with E-state index in [9.17, 15) is 13.2 Å². The molecule has 1 fully saturated rings. The summed E-state index contributed by atoms with van der Waals surface area (Å²) in [5, 5.41) is 2.93. The van der Waals surface area contributed by atoms with E-state index >= 15 is 0 Å². The molecule has 0 saturated heterocycles. The second-order valence-corrected chi connectivity index (χ2v) is 9.75. The summed E-state index contributed by atoms with van der Waals surface area (Å²) >= 11 is 0. The van der Waals surface area contributed by atoms with Crippen LogP contribution in [0.1, 0.15) is 39.9 Å². The van der Waals surface area contributed by atoms with Gasteiger partial charge in [0.2, 0.25) is 10.0 Å². The molecule has 1 saturated carbocycles. The largest absolute Gasteiger partial charge is 0.322 e. The maximum absolute atomic E-state index is 12.9. The molecule has 152 valence electrons. The first-order chi connectivity index (χ1) is 14.4. The number of anilines is 1. The zero-order valence-corrected chi connectivity index (χ0v) is 17.4. The van der Waals surface area contributed by atoms with Gasteiger partial charge < -0.3 is 5.32 Å². The average Bonchev–Trinajstić information content (AvgIpc) is 3.44. The maximum Gasteiger partial charge on any atom is 0.255 e. The Morgan fingerprint density at radius 2 is 1.70 bits per heavy atom. The van der Waals surface area contributed by atoms with Crippen LogP contribution in [-0.2, 0) is 16.4 Å². The first kappa shape index (κ1) is 19.0. The molecule has 2 N–H and O–H groups in total. The van der Waals surface area contributed by atoms with E-state index in [1.807, 2.05) is 30.3 Å². The summed E-state index contributed by atoms with van der Waals surface area (Å²) in [5.41, 5.74) is 6.68. The molecule has 0 atom stereocenters. The summed E-state index contributed by atoms with van der Waals surface area (Å²) < 4.78 is 27.7. The van der Waals surface area contributed by atoms with Crippen molar-refractivity contribution in [2.24, 2.45) is 0 Å². The van der Waals surface area contributed by atoms with Crippen LogP contribution in [-0.4, -0.2) is 20.4 Å². The Labute approximate surface area is 176 Å². The van der Waals surface area contributed by atoms with Crippen LogP contribution in [0.3, 0.4) is 0 Å². The van der Waals surface area contributed by atoms with Crippen LogP contribution in [0.5, 0.6) is 0 Å². The zero-order chi connectivity index (χ0) is 20.9. The van der Waals surface area contributed by atoms with E-state index in [0.717, 1.165) is 24.8 Å². The molecular formula is C24H22N2O3S. The van der Waals surface area contributed by atoms with Crippen LogP contribution in [0.15, 0.2) is 65.6 Å². The topological polar surface area (TPSA) is 75.3 Å². The fourth-order valence-electron chi connectivity index (χ4n) is 3.92. The number of carbonyl (C=O) groups is 1. The van der Waals surface area contributed by atoms with Gasteiger partial charge >= 0.3 is 0 Å². The minimum atomic E-state index is -3.61. The van der Waals surface area contributed by atoms with Crippen LogP contribution >= 0.6 is 0 Å². The van der Waals surface area contributed by atoms with Crippen LogP contribution in [0, 0.1) is 6.92 Å². The van der Waals surface area contributed by atoms with Gasteiger partial charge in [0.15, 0.2) is 0 Å². The molecule has 0 spiro atoms. The molecule has 6 heteroatoms. The van der Waals surface area contributed by atoms with Gasteiger partial charge in [-0.15, -0.1) is 0 Å². The monoisotopic (exact) mass is 418 g/mol. The zero-order valence-electron chi connectivity index (χ0n) is 16.6. The number of fused-ring (bicyclic) bond motifs is 3. The normalized spacial score (nSPS) is 14.8. The summed E-state index contributed by atoms with van der Waals surface area (Å²) in [6, 6.07) is 18.9. The average molecular weight is 419 g/mol. The van der Waals surface area contributed by atoms with Gasteiger partial charge in [-0.1, -0.05) is 36.4 Å². The second kappa shape index (κ2) is 7.07. The van der Waals surface area contributed by atoms with Gasteiger partial charge in [0.1, 0.15) is 0 Å². The first-order valence-electron chi connectivity index (χ1n) is 10.1. The number of sulfonamides is 1. The van der Waals surface area contributed by atoms with Crippen molar-refractivity contribution in [3.8, 4) is 11.1 Å². The highest BCUT2D eigenvalue weighted by atomic mass is 32.2. The molecule has 0 radical (unpaired) electrons. The molecule has 0 aliphatic heterocycles. The molecule has 2 aliphatic rings. The molecule has 0 bridgehead atoms. The van der Waals surface area contributed by atoms with E-state index in [-0.39, 0.29) is 16.8 Å². The van der Waals surface area contributed by atoms with Crippen molar-refractivity contribution in [2.75, 3.05) is 5.32 Å². The van der Waals surface area contributed by atoms with Crippen molar-refractivity contribution in [2.45, 2.75) is 37.1 Å². The lowest BCUT2D eigenvalue weighted by atomic mass is 10.1. The van der Waals surface area contributed by atoms with Gasteiger partial charge in [-0.05, 0) is 78.3 Å². The number of hydrogen-bond acceptors (Lipinski definition) is 3. The van der Waals surface area contributed by atoms with E-state index in [1.165, 1.54) is 28.3 Å². The number of hydrogen-bond donors (Lipinski definition) is 2. The highest BCUT2D eigenvalue weighted by Gasteiger charge is 2.28. The van der Waals surface area contributed by atoms with Crippen molar-refractivity contribution in [1.82, 2.24) is 4.72 Å². The summed E-state index contributed by atoms with van der Waals surface area (Å²) in [6.07, 6.45) is 2.57. The van der Waals surface area contributed by atoms with Gasteiger partial charge in [-0.2, -0.15) is 0 Å². The van der Waals surface area contributed by atoms with Crippen molar-refractivity contribution >= 4 is 21.6 Å².